The van der Waals surface area contributed by atoms with Crippen LogP contribution in [0.2, 0.25) is 0 Å². The van der Waals surface area contributed by atoms with Crippen molar-refractivity contribution >= 4 is 11.8 Å². The third-order valence-electron chi connectivity index (χ3n) is 4.18. The SMILES string of the molecule is CC(=O)NC1CCCN(C(=O)c2cnn(Cc3ccccc3)c2)C1. The summed E-state index contributed by atoms with van der Waals surface area (Å²) < 4.78 is 1.78. The summed E-state index contributed by atoms with van der Waals surface area (Å²) in [5.74, 6) is -0.0747. The van der Waals surface area contributed by atoms with Crippen LogP contribution in [0.15, 0.2) is 42.7 Å². The van der Waals surface area contributed by atoms with Crippen molar-refractivity contribution in [3.05, 3.63) is 53.9 Å². The third-order valence-corrected chi connectivity index (χ3v) is 4.18. The highest BCUT2D eigenvalue weighted by molar-refractivity contribution is 5.93. The molecule has 3 rings (SSSR count). The first-order chi connectivity index (χ1) is 11.6. The van der Waals surface area contributed by atoms with E-state index in [0.29, 0.717) is 18.7 Å². The Morgan fingerprint density at radius 2 is 2.08 bits per heavy atom. The zero-order chi connectivity index (χ0) is 16.9. The molecular formula is C18H22N4O2. The second-order valence-corrected chi connectivity index (χ2v) is 6.20. The molecule has 1 aromatic carbocycles. The summed E-state index contributed by atoms with van der Waals surface area (Å²) in [6.07, 6.45) is 5.22. The number of amides is 2. The summed E-state index contributed by atoms with van der Waals surface area (Å²) in [5, 5.41) is 7.20. The molecule has 1 saturated heterocycles. The van der Waals surface area contributed by atoms with Crippen molar-refractivity contribution in [1.29, 1.82) is 0 Å². The second kappa shape index (κ2) is 7.29. The summed E-state index contributed by atoms with van der Waals surface area (Å²) in [6, 6.07) is 10.1. The van der Waals surface area contributed by atoms with Crippen LogP contribution in [0, 0.1) is 0 Å². The maximum atomic E-state index is 12.7. The van der Waals surface area contributed by atoms with Crippen LogP contribution in [0.4, 0.5) is 0 Å². The van der Waals surface area contributed by atoms with Gasteiger partial charge in [0.05, 0.1) is 18.3 Å². The molecule has 1 aliphatic heterocycles. The Kier molecular flexibility index (Phi) is 4.93. The molecule has 0 bridgehead atoms. The highest BCUT2D eigenvalue weighted by Gasteiger charge is 2.25. The maximum absolute atomic E-state index is 12.7. The number of aromatic nitrogens is 2. The van der Waals surface area contributed by atoms with Crippen LogP contribution in [-0.4, -0.2) is 45.6 Å². The first kappa shape index (κ1) is 16.2. The van der Waals surface area contributed by atoms with Gasteiger partial charge in [-0.25, -0.2) is 0 Å². The lowest BCUT2D eigenvalue weighted by Crippen LogP contribution is -2.49. The normalized spacial score (nSPS) is 17.5. The Hall–Kier alpha value is -2.63. The fourth-order valence-electron chi connectivity index (χ4n) is 3.08. The quantitative estimate of drug-likeness (QED) is 0.929. The fourth-order valence-corrected chi connectivity index (χ4v) is 3.08. The molecule has 1 aliphatic rings. The van der Waals surface area contributed by atoms with E-state index in [1.165, 1.54) is 6.92 Å². The second-order valence-electron chi connectivity index (χ2n) is 6.20. The number of piperidine rings is 1. The molecule has 0 spiro atoms. The lowest BCUT2D eigenvalue weighted by Gasteiger charge is -2.32. The minimum absolute atomic E-state index is 0.0237. The first-order valence-corrected chi connectivity index (χ1v) is 8.24. The van der Waals surface area contributed by atoms with E-state index in [1.807, 2.05) is 30.3 Å². The molecule has 0 aliphatic carbocycles. The first-order valence-electron chi connectivity index (χ1n) is 8.24. The molecule has 126 valence electrons. The minimum atomic E-state index is -0.0509. The molecule has 0 saturated carbocycles. The number of benzene rings is 1. The van der Waals surface area contributed by atoms with Crippen LogP contribution in [0.5, 0.6) is 0 Å². The number of hydrogen-bond acceptors (Lipinski definition) is 3. The molecule has 0 radical (unpaired) electrons. The Labute approximate surface area is 141 Å². The summed E-state index contributed by atoms with van der Waals surface area (Å²) in [5.41, 5.74) is 1.73. The average molecular weight is 326 g/mol. The molecule has 2 aromatic rings. The van der Waals surface area contributed by atoms with Gasteiger partial charge in [0.25, 0.3) is 5.91 Å². The lowest BCUT2D eigenvalue weighted by molar-refractivity contribution is -0.120. The van der Waals surface area contributed by atoms with Crippen molar-refractivity contribution in [3.63, 3.8) is 0 Å². The van der Waals surface area contributed by atoms with Gasteiger partial charge in [0.15, 0.2) is 0 Å². The molecule has 1 fully saturated rings. The molecule has 1 atom stereocenters. The Balaban J connectivity index is 1.64. The predicted molar refractivity (Wildman–Crippen MR) is 90.5 cm³/mol. The molecule has 1 aromatic heterocycles. The summed E-state index contributed by atoms with van der Waals surface area (Å²) in [6.45, 7) is 3.43. The van der Waals surface area contributed by atoms with Gasteiger partial charge in [0.1, 0.15) is 0 Å². The van der Waals surface area contributed by atoms with E-state index in [-0.39, 0.29) is 17.9 Å². The molecule has 2 heterocycles. The summed E-state index contributed by atoms with van der Waals surface area (Å²) in [4.78, 5) is 25.7. The smallest absolute Gasteiger partial charge is 0.257 e. The van der Waals surface area contributed by atoms with Gasteiger partial charge in [-0.1, -0.05) is 30.3 Å². The molecular weight excluding hydrogens is 304 g/mol. The highest BCUT2D eigenvalue weighted by Crippen LogP contribution is 2.14. The molecule has 6 nitrogen and oxygen atoms in total. The van der Waals surface area contributed by atoms with Gasteiger partial charge in [-0.15, -0.1) is 0 Å². The monoisotopic (exact) mass is 326 g/mol. The maximum Gasteiger partial charge on any atom is 0.257 e. The lowest BCUT2D eigenvalue weighted by atomic mass is 10.0. The average Bonchev–Trinajstić information content (AvgIpc) is 3.03. The van der Waals surface area contributed by atoms with Gasteiger partial charge in [0.2, 0.25) is 5.91 Å². The van der Waals surface area contributed by atoms with Gasteiger partial charge < -0.3 is 10.2 Å². The van der Waals surface area contributed by atoms with Crippen LogP contribution in [-0.2, 0) is 11.3 Å². The van der Waals surface area contributed by atoms with Gasteiger partial charge in [0, 0.05) is 32.3 Å². The van der Waals surface area contributed by atoms with Crippen molar-refractivity contribution in [1.82, 2.24) is 20.0 Å². The Morgan fingerprint density at radius 3 is 2.83 bits per heavy atom. The van der Waals surface area contributed by atoms with Gasteiger partial charge in [-0.05, 0) is 18.4 Å². The molecule has 1 unspecified atom stereocenters. The van der Waals surface area contributed by atoms with E-state index in [4.69, 9.17) is 0 Å². The number of carbonyl (C=O) groups excluding carboxylic acids is 2. The van der Waals surface area contributed by atoms with E-state index < -0.39 is 0 Å². The van der Waals surface area contributed by atoms with Crippen molar-refractivity contribution in [3.8, 4) is 0 Å². The number of nitrogens with one attached hydrogen (secondary N) is 1. The van der Waals surface area contributed by atoms with E-state index in [0.717, 1.165) is 24.9 Å². The van der Waals surface area contributed by atoms with Crippen molar-refractivity contribution in [2.75, 3.05) is 13.1 Å². The molecule has 24 heavy (non-hydrogen) atoms. The van der Waals surface area contributed by atoms with Crippen molar-refractivity contribution in [2.24, 2.45) is 0 Å². The van der Waals surface area contributed by atoms with Crippen LogP contribution in [0.1, 0.15) is 35.7 Å². The number of hydrogen-bond donors (Lipinski definition) is 1. The molecule has 6 heteroatoms. The highest BCUT2D eigenvalue weighted by atomic mass is 16.2. The minimum Gasteiger partial charge on any atom is -0.352 e. The fraction of sp³-hybridized carbons (Fsp3) is 0.389. The largest absolute Gasteiger partial charge is 0.352 e. The zero-order valence-corrected chi connectivity index (χ0v) is 13.8. The van der Waals surface area contributed by atoms with Crippen LogP contribution < -0.4 is 5.32 Å². The van der Waals surface area contributed by atoms with Crippen LogP contribution >= 0.6 is 0 Å². The number of likely N-dealkylation sites (tertiary alicyclic amines) is 1. The Morgan fingerprint density at radius 1 is 1.29 bits per heavy atom. The van der Waals surface area contributed by atoms with Crippen LogP contribution in [0.3, 0.4) is 0 Å². The topological polar surface area (TPSA) is 67.2 Å². The van der Waals surface area contributed by atoms with E-state index in [1.54, 1.807) is 22.0 Å². The standard InChI is InChI=1S/C18H22N4O2/c1-14(23)20-17-8-5-9-21(13-17)18(24)16-10-19-22(12-16)11-15-6-3-2-4-7-15/h2-4,6-7,10,12,17H,5,8-9,11,13H2,1H3,(H,20,23). The predicted octanol–water partition coefficient (Wildman–Crippen LogP) is 1.67. The zero-order valence-electron chi connectivity index (χ0n) is 13.8. The van der Waals surface area contributed by atoms with Crippen molar-refractivity contribution < 1.29 is 9.59 Å². The summed E-state index contributed by atoms with van der Waals surface area (Å²) in [7, 11) is 0. The summed E-state index contributed by atoms with van der Waals surface area (Å²) >= 11 is 0. The number of nitrogens with zero attached hydrogens (tertiary/aromatic N) is 3. The Bertz CT molecular complexity index is 711. The number of rotatable bonds is 4. The molecule has 2 amide bonds. The third kappa shape index (κ3) is 4.01. The van der Waals surface area contributed by atoms with Gasteiger partial charge in [-0.3, -0.25) is 14.3 Å². The van der Waals surface area contributed by atoms with Crippen LogP contribution in [0.25, 0.3) is 0 Å². The van der Waals surface area contributed by atoms with Gasteiger partial charge >= 0.3 is 0 Å². The van der Waals surface area contributed by atoms with E-state index in [2.05, 4.69) is 10.4 Å². The van der Waals surface area contributed by atoms with E-state index >= 15 is 0 Å². The van der Waals surface area contributed by atoms with E-state index in [9.17, 15) is 9.59 Å². The van der Waals surface area contributed by atoms with Gasteiger partial charge in [-0.2, -0.15) is 5.10 Å². The number of carbonyl (C=O) groups is 2. The van der Waals surface area contributed by atoms with Crippen molar-refractivity contribution in [2.45, 2.75) is 32.4 Å². The molecule has 1 N–H and O–H groups in total.